The van der Waals surface area contributed by atoms with E-state index in [1.54, 1.807) is 24.3 Å². The summed E-state index contributed by atoms with van der Waals surface area (Å²) in [5.74, 6) is -0.0925. The van der Waals surface area contributed by atoms with Gasteiger partial charge in [0.25, 0.3) is 17.5 Å². The molecular formula is C18H18N4O6S. The van der Waals surface area contributed by atoms with Gasteiger partial charge in [-0.05, 0) is 55.5 Å². The number of carbonyl (C=O) groups is 2. The summed E-state index contributed by atoms with van der Waals surface area (Å²) >= 11 is 4.95. The topological polar surface area (TPSA) is 132 Å². The number of nitrogens with one attached hydrogen (secondary N) is 3. The lowest BCUT2D eigenvalue weighted by atomic mass is 10.2. The highest BCUT2D eigenvalue weighted by molar-refractivity contribution is 7.80. The fourth-order valence-electron chi connectivity index (χ4n) is 2.05. The summed E-state index contributed by atoms with van der Waals surface area (Å²) in [6.45, 7) is 2.02. The van der Waals surface area contributed by atoms with Gasteiger partial charge in [0.15, 0.2) is 11.7 Å². The Morgan fingerprint density at radius 3 is 2.17 bits per heavy atom. The molecule has 0 bridgehead atoms. The van der Waals surface area contributed by atoms with Crippen LogP contribution < -0.4 is 25.6 Å². The van der Waals surface area contributed by atoms with Crippen LogP contribution in [0.5, 0.6) is 11.5 Å². The molecule has 29 heavy (non-hydrogen) atoms. The van der Waals surface area contributed by atoms with Crippen LogP contribution in [0, 0.1) is 10.1 Å². The van der Waals surface area contributed by atoms with Crippen LogP contribution in [0.25, 0.3) is 0 Å². The molecule has 0 spiro atoms. The van der Waals surface area contributed by atoms with Crippen molar-refractivity contribution in [2.24, 2.45) is 0 Å². The molecule has 0 atom stereocenters. The molecule has 0 heterocycles. The molecule has 0 fully saturated rings. The minimum atomic E-state index is -0.569. The molecule has 0 aliphatic heterocycles. The third-order valence-electron chi connectivity index (χ3n) is 3.39. The fraction of sp³-hybridized carbons (Fsp3) is 0.167. The largest absolute Gasteiger partial charge is 0.494 e. The van der Waals surface area contributed by atoms with Gasteiger partial charge < -0.3 is 9.47 Å². The first kappa shape index (κ1) is 21.6. The van der Waals surface area contributed by atoms with E-state index in [0.717, 1.165) is 0 Å². The van der Waals surface area contributed by atoms with E-state index in [9.17, 15) is 19.7 Å². The standard InChI is InChI=1S/C18H18N4O6S/c1-2-27-14-7-3-12(4-8-14)17(24)19-18(29)21-20-16(23)11-28-15-9-5-13(6-10-15)22(25)26/h3-10H,2,11H2,1H3,(H,20,23)(H2,19,21,24,29). The Morgan fingerprint density at radius 2 is 1.59 bits per heavy atom. The Kier molecular flexibility index (Phi) is 7.86. The molecule has 2 amide bonds. The van der Waals surface area contributed by atoms with Gasteiger partial charge in [-0.1, -0.05) is 0 Å². The summed E-state index contributed by atoms with van der Waals surface area (Å²) in [6.07, 6.45) is 0. The summed E-state index contributed by atoms with van der Waals surface area (Å²) < 4.78 is 10.5. The molecule has 0 aromatic heterocycles. The minimum Gasteiger partial charge on any atom is -0.494 e. The van der Waals surface area contributed by atoms with Crippen molar-refractivity contribution in [3.8, 4) is 11.5 Å². The molecule has 0 aliphatic carbocycles. The highest BCUT2D eigenvalue weighted by atomic mass is 32.1. The van der Waals surface area contributed by atoms with Crippen LogP contribution in [0.2, 0.25) is 0 Å². The molecule has 2 aromatic carbocycles. The first-order chi connectivity index (χ1) is 13.9. The van der Waals surface area contributed by atoms with E-state index >= 15 is 0 Å². The lowest BCUT2D eigenvalue weighted by molar-refractivity contribution is -0.384. The normalized spacial score (nSPS) is 9.83. The molecule has 0 radical (unpaired) electrons. The van der Waals surface area contributed by atoms with Crippen LogP contribution in [0.4, 0.5) is 5.69 Å². The van der Waals surface area contributed by atoms with E-state index in [4.69, 9.17) is 21.7 Å². The number of hydrogen-bond donors (Lipinski definition) is 3. The van der Waals surface area contributed by atoms with Gasteiger partial charge >= 0.3 is 0 Å². The fourth-order valence-corrected chi connectivity index (χ4v) is 2.19. The minimum absolute atomic E-state index is 0.0860. The number of hydrogen-bond acceptors (Lipinski definition) is 7. The van der Waals surface area contributed by atoms with Gasteiger partial charge in [0, 0.05) is 17.7 Å². The smallest absolute Gasteiger partial charge is 0.276 e. The highest BCUT2D eigenvalue weighted by Gasteiger charge is 2.10. The van der Waals surface area contributed by atoms with Gasteiger partial charge in [-0.3, -0.25) is 35.9 Å². The molecule has 3 N–H and O–H groups in total. The first-order valence-electron chi connectivity index (χ1n) is 8.39. The molecule has 152 valence electrons. The van der Waals surface area contributed by atoms with Gasteiger partial charge in [0.2, 0.25) is 0 Å². The molecule has 0 aliphatic rings. The molecule has 2 aromatic rings. The molecular weight excluding hydrogens is 400 g/mol. The monoisotopic (exact) mass is 418 g/mol. The van der Waals surface area contributed by atoms with Crippen molar-refractivity contribution < 1.29 is 24.0 Å². The van der Waals surface area contributed by atoms with Crippen LogP contribution in [0.15, 0.2) is 48.5 Å². The molecule has 10 nitrogen and oxygen atoms in total. The Bertz CT molecular complexity index is 886. The number of thiocarbonyl (C=S) groups is 1. The van der Waals surface area contributed by atoms with E-state index in [0.29, 0.717) is 17.9 Å². The van der Waals surface area contributed by atoms with Crippen LogP contribution in [0.3, 0.4) is 0 Å². The number of carbonyl (C=O) groups excluding carboxylic acids is 2. The second-order valence-corrected chi connectivity index (χ2v) is 5.86. The van der Waals surface area contributed by atoms with Gasteiger partial charge in [-0.2, -0.15) is 0 Å². The quantitative estimate of drug-likeness (QED) is 0.352. The third-order valence-corrected chi connectivity index (χ3v) is 3.59. The van der Waals surface area contributed by atoms with Gasteiger partial charge in [0.1, 0.15) is 11.5 Å². The summed E-state index contributed by atoms with van der Waals surface area (Å²) in [4.78, 5) is 33.9. The number of nitro benzene ring substituents is 1. The van der Waals surface area contributed by atoms with Gasteiger partial charge in [0.05, 0.1) is 11.5 Å². The van der Waals surface area contributed by atoms with E-state index in [1.807, 2.05) is 6.92 Å². The number of benzene rings is 2. The number of hydrazine groups is 1. The van der Waals surface area contributed by atoms with Crippen LogP contribution >= 0.6 is 12.2 Å². The summed E-state index contributed by atoms with van der Waals surface area (Å²) in [5.41, 5.74) is 4.93. The van der Waals surface area contributed by atoms with Crippen molar-refractivity contribution in [2.45, 2.75) is 6.92 Å². The van der Waals surface area contributed by atoms with Gasteiger partial charge in [-0.25, -0.2) is 0 Å². The Labute approximate surface area is 171 Å². The second-order valence-electron chi connectivity index (χ2n) is 5.45. The maximum atomic E-state index is 12.1. The zero-order valence-electron chi connectivity index (χ0n) is 15.3. The molecule has 2 rings (SSSR count). The van der Waals surface area contributed by atoms with Crippen molar-refractivity contribution in [1.82, 2.24) is 16.2 Å². The lowest BCUT2D eigenvalue weighted by Gasteiger charge is -2.11. The van der Waals surface area contributed by atoms with E-state index in [2.05, 4.69) is 16.2 Å². The highest BCUT2D eigenvalue weighted by Crippen LogP contribution is 2.17. The number of ether oxygens (including phenoxy) is 2. The van der Waals surface area contributed by atoms with Crippen LogP contribution in [-0.2, 0) is 4.79 Å². The van der Waals surface area contributed by atoms with Crippen molar-refractivity contribution in [3.63, 3.8) is 0 Å². The summed E-state index contributed by atoms with van der Waals surface area (Å²) in [6, 6.07) is 11.8. The summed E-state index contributed by atoms with van der Waals surface area (Å²) in [7, 11) is 0. The van der Waals surface area contributed by atoms with Crippen LogP contribution in [-0.4, -0.2) is 35.1 Å². The number of amides is 2. The molecule has 0 unspecified atom stereocenters. The zero-order chi connectivity index (χ0) is 21.2. The Hall–Kier alpha value is -3.73. The average molecular weight is 418 g/mol. The number of rotatable bonds is 7. The maximum absolute atomic E-state index is 12.1. The SMILES string of the molecule is CCOc1ccc(C(=O)NC(=S)NNC(=O)COc2ccc([N+](=O)[O-])cc2)cc1. The predicted octanol–water partition coefficient (Wildman–Crippen LogP) is 1.71. The predicted molar refractivity (Wildman–Crippen MR) is 108 cm³/mol. The van der Waals surface area contributed by atoms with Crippen molar-refractivity contribution in [3.05, 3.63) is 64.2 Å². The van der Waals surface area contributed by atoms with Crippen molar-refractivity contribution >= 4 is 34.8 Å². The second kappa shape index (κ2) is 10.6. The number of nitrogens with zero attached hydrogens (tertiary/aromatic N) is 1. The summed E-state index contributed by atoms with van der Waals surface area (Å²) in [5, 5.41) is 12.9. The van der Waals surface area contributed by atoms with E-state index in [1.165, 1.54) is 24.3 Å². The maximum Gasteiger partial charge on any atom is 0.276 e. The lowest BCUT2D eigenvalue weighted by Crippen LogP contribution is -2.49. The van der Waals surface area contributed by atoms with Crippen molar-refractivity contribution in [2.75, 3.05) is 13.2 Å². The first-order valence-corrected chi connectivity index (χ1v) is 8.80. The van der Waals surface area contributed by atoms with Crippen molar-refractivity contribution in [1.29, 1.82) is 0 Å². The zero-order valence-corrected chi connectivity index (χ0v) is 16.2. The number of nitro groups is 1. The van der Waals surface area contributed by atoms with Crippen LogP contribution in [0.1, 0.15) is 17.3 Å². The molecule has 0 saturated carbocycles. The average Bonchev–Trinajstić information content (AvgIpc) is 2.71. The molecule has 11 heteroatoms. The molecule has 0 saturated heterocycles. The Morgan fingerprint density at radius 1 is 1.00 bits per heavy atom. The van der Waals surface area contributed by atoms with E-state index in [-0.39, 0.29) is 23.2 Å². The van der Waals surface area contributed by atoms with E-state index < -0.39 is 16.7 Å². The Balaban J connectivity index is 1.72. The van der Waals surface area contributed by atoms with Gasteiger partial charge in [-0.15, -0.1) is 0 Å². The third kappa shape index (κ3) is 7.07. The number of non-ortho nitro benzene ring substituents is 1.